The van der Waals surface area contributed by atoms with Gasteiger partial charge < -0.3 is 18.6 Å². The molecule has 4 nitrogen and oxygen atoms in total. The van der Waals surface area contributed by atoms with E-state index in [-0.39, 0.29) is 0 Å². The second-order valence-electron chi connectivity index (χ2n) is 4.33. The summed E-state index contributed by atoms with van der Waals surface area (Å²) >= 11 is 0. The second-order valence-corrected chi connectivity index (χ2v) is 7.43. The molecule has 1 aliphatic heterocycles. The fourth-order valence-corrected chi connectivity index (χ4v) is 4.04. The second kappa shape index (κ2) is 7.40. The molecule has 1 heterocycles. The molecule has 0 amide bonds. The van der Waals surface area contributed by atoms with Crippen LogP contribution in [0, 0.1) is 0 Å². The van der Waals surface area contributed by atoms with Gasteiger partial charge in [0, 0.05) is 33.4 Å². The summed E-state index contributed by atoms with van der Waals surface area (Å²) in [5.41, 5.74) is 0. The normalized spacial score (nSPS) is 22.3. The Morgan fingerprint density at radius 1 is 1.12 bits per heavy atom. The number of rotatable bonds is 7. The Balaban J connectivity index is 2.21. The lowest BCUT2D eigenvalue weighted by Gasteiger charge is -2.27. The summed E-state index contributed by atoms with van der Waals surface area (Å²) in [6.07, 6.45) is 6.30. The zero-order valence-corrected chi connectivity index (χ0v) is 11.8. The van der Waals surface area contributed by atoms with Gasteiger partial charge in [0.2, 0.25) is 0 Å². The third-order valence-electron chi connectivity index (χ3n) is 3.38. The van der Waals surface area contributed by atoms with E-state index in [1.165, 1.54) is 32.2 Å². The van der Waals surface area contributed by atoms with Crippen LogP contribution in [0.1, 0.15) is 32.1 Å². The van der Waals surface area contributed by atoms with Gasteiger partial charge in [0.25, 0.3) is 0 Å². The van der Waals surface area contributed by atoms with Crippen molar-refractivity contribution in [3.05, 3.63) is 0 Å². The molecule has 5 heteroatoms. The summed E-state index contributed by atoms with van der Waals surface area (Å²) in [6, 6.07) is 1.60. The van der Waals surface area contributed by atoms with Gasteiger partial charge >= 0.3 is 8.80 Å². The van der Waals surface area contributed by atoms with Crippen LogP contribution in [0.2, 0.25) is 6.04 Å². The molecule has 1 aliphatic rings. The highest BCUT2D eigenvalue weighted by Gasteiger charge is 2.37. The average molecular weight is 247 g/mol. The van der Waals surface area contributed by atoms with Crippen molar-refractivity contribution < 1.29 is 13.3 Å². The van der Waals surface area contributed by atoms with Gasteiger partial charge in [-0.1, -0.05) is 6.42 Å². The van der Waals surface area contributed by atoms with Crippen LogP contribution in [0.15, 0.2) is 0 Å². The Bertz CT molecular complexity index is 174. The zero-order valence-electron chi connectivity index (χ0n) is 10.8. The topological polar surface area (TPSA) is 39.7 Å². The van der Waals surface area contributed by atoms with E-state index >= 15 is 0 Å². The highest BCUT2D eigenvalue weighted by Crippen LogP contribution is 2.19. The summed E-state index contributed by atoms with van der Waals surface area (Å²) in [4.78, 5) is 0. The predicted octanol–water partition coefficient (Wildman–Crippen LogP) is 1.79. The minimum absolute atomic E-state index is 0.686. The van der Waals surface area contributed by atoms with Crippen LogP contribution in [-0.4, -0.2) is 42.7 Å². The molecule has 0 aliphatic carbocycles. The smallest absolute Gasteiger partial charge is 0.377 e. The molecule has 0 radical (unpaired) electrons. The van der Waals surface area contributed by atoms with Crippen LogP contribution in [0.3, 0.4) is 0 Å². The summed E-state index contributed by atoms with van der Waals surface area (Å²) in [7, 11) is 2.71. The monoisotopic (exact) mass is 247 g/mol. The fourth-order valence-electron chi connectivity index (χ4n) is 2.29. The molecule has 1 atom stereocenters. The largest absolute Gasteiger partial charge is 0.500 e. The molecular weight excluding hydrogens is 222 g/mol. The van der Waals surface area contributed by atoms with Crippen LogP contribution in [-0.2, 0) is 13.3 Å². The van der Waals surface area contributed by atoms with E-state index in [9.17, 15) is 0 Å². The SMILES string of the molecule is CO[Si](CCCC1CCCCN1)(OC)OC. The first kappa shape index (κ1) is 14.1. The van der Waals surface area contributed by atoms with Crippen LogP contribution in [0.5, 0.6) is 0 Å². The molecule has 0 bridgehead atoms. The zero-order chi connectivity index (χ0) is 11.9. The Morgan fingerprint density at radius 3 is 2.31 bits per heavy atom. The molecule has 96 valence electrons. The van der Waals surface area contributed by atoms with E-state index in [0.717, 1.165) is 12.5 Å². The number of hydrogen-bond acceptors (Lipinski definition) is 4. The minimum atomic E-state index is -2.33. The highest BCUT2D eigenvalue weighted by molar-refractivity contribution is 6.60. The van der Waals surface area contributed by atoms with Gasteiger partial charge in [-0.3, -0.25) is 0 Å². The quantitative estimate of drug-likeness (QED) is 0.696. The first-order chi connectivity index (χ1) is 7.76. The summed E-state index contributed by atoms with van der Waals surface area (Å²) < 4.78 is 16.2. The van der Waals surface area contributed by atoms with Gasteiger partial charge in [-0.25, -0.2) is 0 Å². The molecule has 1 fully saturated rings. The molecule has 0 spiro atoms. The van der Waals surface area contributed by atoms with Crippen molar-refractivity contribution in [1.82, 2.24) is 5.32 Å². The first-order valence-corrected chi connectivity index (χ1v) is 8.08. The first-order valence-electron chi connectivity index (χ1n) is 6.15. The predicted molar refractivity (Wildman–Crippen MR) is 66.5 cm³/mol. The molecule has 16 heavy (non-hydrogen) atoms. The maximum absolute atomic E-state index is 5.40. The molecule has 0 aromatic rings. The van der Waals surface area contributed by atoms with Gasteiger partial charge in [-0.05, 0) is 32.2 Å². The standard InChI is InChI=1S/C11H25NO3Si/c1-13-16(14-2,15-3)10-6-8-11-7-4-5-9-12-11/h11-12H,4-10H2,1-3H3. The molecule has 0 aromatic carbocycles. The highest BCUT2D eigenvalue weighted by atomic mass is 28.4. The van der Waals surface area contributed by atoms with Gasteiger partial charge in [-0.15, -0.1) is 0 Å². The van der Waals surface area contributed by atoms with Crippen molar-refractivity contribution >= 4 is 8.80 Å². The summed E-state index contributed by atoms with van der Waals surface area (Å²) in [6.45, 7) is 1.17. The molecule has 1 N–H and O–H groups in total. The van der Waals surface area contributed by atoms with E-state index in [4.69, 9.17) is 13.3 Å². The van der Waals surface area contributed by atoms with Crippen LogP contribution < -0.4 is 5.32 Å². The lowest BCUT2D eigenvalue weighted by atomic mass is 10.0. The number of piperidine rings is 1. The van der Waals surface area contributed by atoms with Crippen LogP contribution in [0.25, 0.3) is 0 Å². The Morgan fingerprint density at radius 2 is 1.81 bits per heavy atom. The lowest BCUT2D eigenvalue weighted by Crippen LogP contribution is -2.43. The molecule has 1 rings (SSSR count). The van der Waals surface area contributed by atoms with Crippen LogP contribution >= 0.6 is 0 Å². The van der Waals surface area contributed by atoms with Crippen molar-refractivity contribution in [3.8, 4) is 0 Å². The molecule has 1 saturated heterocycles. The van der Waals surface area contributed by atoms with E-state index in [0.29, 0.717) is 6.04 Å². The van der Waals surface area contributed by atoms with Crippen molar-refractivity contribution in [2.24, 2.45) is 0 Å². The van der Waals surface area contributed by atoms with E-state index in [2.05, 4.69) is 5.32 Å². The lowest BCUT2D eigenvalue weighted by molar-refractivity contribution is 0.122. The Labute approximate surface area is 100 Å². The van der Waals surface area contributed by atoms with Crippen LogP contribution in [0.4, 0.5) is 0 Å². The molecule has 1 unspecified atom stereocenters. The maximum Gasteiger partial charge on any atom is 0.500 e. The van der Waals surface area contributed by atoms with Crippen molar-refractivity contribution in [2.75, 3.05) is 27.9 Å². The number of nitrogens with one attached hydrogen (secondary N) is 1. The molecular formula is C11H25NO3Si. The van der Waals surface area contributed by atoms with Gasteiger partial charge in [-0.2, -0.15) is 0 Å². The third-order valence-corrected chi connectivity index (χ3v) is 6.21. The Kier molecular flexibility index (Phi) is 6.53. The van der Waals surface area contributed by atoms with E-state index in [1.54, 1.807) is 21.3 Å². The van der Waals surface area contributed by atoms with E-state index < -0.39 is 8.80 Å². The Hall–Kier alpha value is 0.0569. The fraction of sp³-hybridized carbons (Fsp3) is 1.00. The van der Waals surface area contributed by atoms with Gasteiger partial charge in [0.1, 0.15) is 0 Å². The van der Waals surface area contributed by atoms with Crippen molar-refractivity contribution in [2.45, 2.75) is 44.2 Å². The number of hydrogen-bond donors (Lipinski definition) is 1. The van der Waals surface area contributed by atoms with Crippen molar-refractivity contribution in [1.29, 1.82) is 0 Å². The average Bonchev–Trinajstić information content (AvgIpc) is 2.37. The summed E-state index contributed by atoms with van der Waals surface area (Å²) in [5, 5.41) is 3.55. The third kappa shape index (κ3) is 4.14. The molecule has 0 saturated carbocycles. The van der Waals surface area contributed by atoms with Crippen molar-refractivity contribution in [3.63, 3.8) is 0 Å². The summed E-state index contributed by atoms with van der Waals surface area (Å²) in [5.74, 6) is 0. The van der Waals surface area contributed by atoms with Gasteiger partial charge in [0.05, 0.1) is 0 Å². The van der Waals surface area contributed by atoms with Gasteiger partial charge in [0.15, 0.2) is 0 Å². The van der Waals surface area contributed by atoms with E-state index in [1.807, 2.05) is 0 Å². The maximum atomic E-state index is 5.40. The minimum Gasteiger partial charge on any atom is -0.377 e. The molecule has 0 aromatic heterocycles.